The molecule has 0 spiro atoms. The van der Waals surface area contributed by atoms with Gasteiger partial charge in [-0.3, -0.25) is 9.48 Å². The fourth-order valence-corrected chi connectivity index (χ4v) is 1.68. The zero-order chi connectivity index (χ0) is 14.0. The van der Waals surface area contributed by atoms with Crippen molar-refractivity contribution in [1.82, 2.24) is 9.78 Å². The Bertz CT molecular complexity index is 619. The number of ether oxygens (including phenoxy) is 1. The van der Waals surface area contributed by atoms with Gasteiger partial charge in [-0.05, 0) is 19.1 Å². The number of hydrogen-bond acceptors (Lipinski definition) is 4. The van der Waals surface area contributed by atoms with E-state index in [4.69, 9.17) is 10.5 Å². The minimum atomic E-state index is -0.245. The lowest BCUT2D eigenvalue weighted by Gasteiger charge is -2.09. The first-order chi connectivity index (χ1) is 9.02. The van der Waals surface area contributed by atoms with E-state index in [1.165, 1.54) is 6.20 Å². The van der Waals surface area contributed by atoms with Crippen LogP contribution in [0.4, 0.5) is 11.4 Å². The monoisotopic (exact) mass is 260 g/mol. The summed E-state index contributed by atoms with van der Waals surface area (Å²) >= 11 is 0. The molecule has 3 N–H and O–H groups in total. The summed E-state index contributed by atoms with van der Waals surface area (Å²) in [6.07, 6.45) is 1.53. The van der Waals surface area contributed by atoms with E-state index < -0.39 is 0 Å². The Kier molecular flexibility index (Phi) is 3.41. The number of benzene rings is 1. The second kappa shape index (κ2) is 5.01. The van der Waals surface area contributed by atoms with Crippen LogP contribution in [0.1, 0.15) is 16.1 Å². The van der Waals surface area contributed by atoms with Crippen LogP contribution in [-0.2, 0) is 7.05 Å². The lowest BCUT2D eigenvalue weighted by molar-refractivity contribution is 0.102. The standard InChI is InChI=1S/C13H16N4O2/c1-8-10(7-15-17(8)2)13(18)16-12-6-9(19-3)4-5-11(12)14/h4-7H,14H2,1-3H3,(H,16,18). The van der Waals surface area contributed by atoms with Crippen LogP contribution in [0, 0.1) is 6.92 Å². The van der Waals surface area contributed by atoms with Gasteiger partial charge in [0.25, 0.3) is 5.91 Å². The third-order valence-electron chi connectivity index (χ3n) is 2.99. The lowest BCUT2D eigenvalue weighted by atomic mass is 10.2. The molecule has 2 aromatic rings. The number of hydrogen-bond donors (Lipinski definition) is 2. The topological polar surface area (TPSA) is 82.2 Å². The van der Waals surface area contributed by atoms with Gasteiger partial charge in [0.2, 0.25) is 0 Å². The molecule has 0 aliphatic rings. The van der Waals surface area contributed by atoms with Gasteiger partial charge in [-0.25, -0.2) is 0 Å². The molecule has 1 aromatic carbocycles. The molecule has 0 atom stereocenters. The van der Waals surface area contributed by atoms with E-state index in [-0.39, 0.29) is 5.91 Å². The summed E-state index contributed by atoms with van der Waals surface area (Å²) in [4.78, 5) is 12.1. The van der Waals surface area contributed by atoms with Crippen LogP contribution in [0.2, 0.25) is 0 Å². The van der Waals surface area contributed by atoms with Gasteiger partial charge in [0.15, 0.2) is 0 Å². The molecule has 100 valence electrons. The predicted octanol–water partition coefficient (Wildman–Crippen LogP) is 1.57. The number of amides is 1. The van der Waals surface area contributed by atoms with Crippen LogP contribution in [0.15, 0.2) is 24.4 Å². The summed E-state index contributed by atoms with van der Waals surface area (Å²) in [6, 6.07) is 5.10. The van der Waals surface area contributed by atoms with Crippen molar-refractivity contribution in [3.63, 3.8) is 0 Å². The lowest BCUT2D eigenvalue weighted by Crippen LogP contribution is -2.14. The Hall–Kier alpha value is -2.50. The van der Waals surface area contributed by atoms with Gasteiger partial charge < -0.3 is 15.8 Å². The smallest absolute Gasteiger partial charge is 0.259 e. The van der Waals surface area contributed by atoms with E-state index in [0.717, 1.165) is 5.69 Å². The van der Waals surface area contributed by atoms with E-state index >= 15 is 0 Å². The van der Waals surface area contributed by atoms with Crippen molar-refractivity contribution in [2.75, 3.05) is 18.2 Å². The molecule has 19 heavy (non-hydrogen) atoms. The molecule has 6 heteroatoms. The van der Waals surface area contributed by atoms with Gasteiger partial charge in [0.05, 0.1) is 30.2 Å². The number of methoxy groups -OCH3 is 1. The number of carbonyl (C=O) groups excluding carboxylic acids is 1. The number of nitrogens with zero attached hydrogens (tertiary/aromatic N) is 2. The fourth-order valence-electron chi connectivity index (χ4n) is 1.68. The second-order valence-electron chi connectivity index (χ2n) is 4.17. The Labute approximate surface area is 111 Å². The molecule has 6 nitrogen and oxygen atoms in total. The molecule has 0 radical (unpaired) electrons. The van der Waals surface area contributed by atoms with E-state index in [9.17, 15) is 4.79 Å². The molecule has 0 bridgehead atoms. The van der Waals surface area contributed by atoms with Crippen molar-refractivity contribution in [3.05, 3.63) is 35.7 Å². The van der Waals surface area contributed by atoms with E-state index in [2.05, 4.69) is 10.4 Å². The highest BCUT2D eigenvalue weighted by Crippen LogP contribution is 2.25. The van der Waals surface area contributed by atoms with Gasteiger partial charge in [0.1, 0.15) is 5.75 Å². The number of anilines is 2. The maximum Gasteiger partial charge on any atom is 0.259 e. The summed E-state index contributed by atoms with van der Waals surface area (Å²) in [7, 11) is 3.34. The third-order valence-corrected chi connectivity index (χ3v) is 2.99. The minimum Gasteiger partial charge on any atom is -0.497 e. The van der Waals surface area contributed by atoms with Gasteiger partial charge in [-0.2, -0.15) is 5.10 Å². The highest BCUT2D eigenvalue weighted by molar-refractivity contribution is 6.06. The van der Waals surface area contributed by atoms with Crippen molar-refractivity contribution in [3.8, 4) is 5.75 Å². The van der Waals surface area contributed by atoms with E-state index in [1.807, 2.05) is 6.92 Å². The Morgan fingerprint density at radius 1 is 1.47 bits per heavy atom. The van der Waals surface area contributed by atoms with Crippen molar-refractivity contribution < 1.29 is 9.53 Å². The van der Waals surface area contributed by atoms with Crippen molar-refractivity contribution in [1.29, 1.82) is 0 Å². The molecule has 0 aliphatic heterocycles. The van der Waals surface area contributed by atoms with Crippen molar-refractivity contribution in [2.45, 2.75) is 6.92 Å². The average molecular weight is 260 g/mol. The first-order valence-corrected chi connectivity index (χ1v) is 5.76. The predicted molar refractivity (Wildman–Crippen MR) is 73.3 cm³/mol. The zero-order valence-electron chi connectivity index (χ0n) is 11.1. The zero-order valence-corrected chi connectivity index (χ0v) is 11.1. The average Bonchev–Trinajstić information content (AvgIpc) is 2.73. The summed E-state index contributed by atoms with van der Waals surface area (Å²) in [5.74, 6) is 0.387. The number of nitrogens with one attached hydrogen (secondary N) is 1. The molecule has 0 saturated carbocycles. The summed E-state index contributed by atoms with van der Waals surface area (Å²) in [5.41, 5.74) is 8.13. The van der Waals surface area contributed by atoms with Gasteiger partial charge >= 0.3 is 0 Å². The number of carbonyl (C=O) groups is 1. The normalized spacial score (nSPS) is 10.3. The number of nitrogens with two attached hydrogens (primary N) is 1. The maximum absolute atomic E-state index is 12.1. The molecule has 1 aromatic heterocycles. The van der Waals surface area contributed by atoms with Gasteiger partial charge in [-0.1, -0.05) is 0 Å². The molecule has 1 heterocycles. The summed E-state index contributed by atoms with van der Waals surface area (Å²) < 4.78 is 6.74. The molecule has 0 unspecified atom stereocenters. The van der Waals surface area contributed by atoms with Crippen LogP contribution in [0.5, 0.6) is 5.75 Å². The SMILES string of the molecule is COc1ccc(N)c(NC(=O)c2cnn(C)c2C)c1. The first kappa shape index (κ1) is 12.9. The highest BCUT2D eigenvalue weighted by Gasteiger charge is 2.14. The van der Waals surface area contributed by atoms with Gasteiger partial charge in [-0.15, -0.1) is 0 Å². The van der Waals surface area contributed by atoms with E-state index in [1.54, 1.807) is 37.0 Å². The van der Waals surface area contributed by atoms with Crippen LogP contribution < -0.4 is 15.8 Å². The fraction of sp³-hybridized carbons (Fsp3) is 0.231. The number of nitrogen functional groups attached to an aromatic ring is 1. The van der Waals surface area contributed by atoms with E-state index in [0.29, 0.717) is 22.7 Å². The Balaban J connectivity index is 2.26. The Morgan fingerprint density at radius 3 is 2.79 bits per heavy atom. The molecule has 0 saturated heterocycles. The molecular weight excluding hydrogens is 244 g/mol. The quantitative estimate of drug-likeness (QED) is 0.821. The van der Waals surface area contributed by atoms with Crippen molar-refractivity contribution >= 4 is 17.3 Å². The molecule has 2 rings (SSSR count). The second-order valence-corrected chi connectivity index (χ2v) is 4.17. The molecule has 1 amide bonds. The third kappa shape index (κ3) is 2.52. The number of aromatic nitrogens is 2. The maximum atomic E-state index is 12.1. The van der Waals surface area contributed by atoms with Crippen molar-refractivity contribution in [2.24, 2.45) is 7.05 Å². The van der Waals surface area contributed by atoms with Gasteiger partial charge in [0, 0.05) is 18.8 Å². The largest absolute Gasteiger partial charge is 0.497 e. The molecular formula is C13H16N4O2. The van der Waals surface area contributed by atoms with Crippen LogP contribution >= 0.6 is 0 Å². The molecule has 0 fully saturated rings. The molecule has 0 aliphatic carbocycles. The minimum absolute atomic E-state index is 0.245. The van der Waals surface area contributed by atoms with Crippen LogP contribution in [-0.4, -0.2) is 22.8 Å². The Morgan fingerprint density at radius 2 is 2.21 bits per heavy atom. The van der Waals surface area contributed by atoms with Crippen LogP contribution in [0.25, 0.3) is 0 Å². The summed E-state index contributed by atoms with van der Waals surface area (Å²) in [5, 5.41) is 6.79. The highest BCUT2D eigenvalue weighted by atomic mass is 16.5. The summed E-state index contributed by atoms with van der Waals surface area (Å²) in [6.45, 7) is 1.83. The van der Waals surface area contributed by atoms with Crippen LogP contribution in [0.3, 0.4) is 0 Å². The number of aryl methyl sites for hydroxylation is 1. The first-order valence-electron chi connectivity index (χ1n) is 5.76. The number of rotatable bonds is 3.